The summed E-state index contributed by atoms with van der Waals surface area (Å²) in [5, 5.41) is 9.15. The first-order valence-corrected chi connectivity index (χ1v) is 8.31. The Hall–Kier alpha value is -2.99. The van der Waals surface area contributed by atoms with Crippen molar-refractivity contribution in [1.82, 2.24) is 0 Å². The fraction of sp³-hybridized carbons (Fsp3) is 0.0526. The predicted molar refractivity (Wildman–Crippen MR) is 98.7 cm³/mol. The SMILES string of the molecule is C=CCOc1ccc(/C=C2\SC(=O)N(c3cccc(O)c3)C2=O)cc1. The van der Waals surface area contributed by atoms with Crippen molar-refractivity contribution in [2.75, 3.05) is 11.5 Å². The Morgan fingerprint density at radius 2 is 1.92 bits per heavy atom. The zero-order chi connectivity index (χ0) is 17.8. The van der Waals surface area contributed by atoms with Crippen molar-refractivity contribution in [3.05, 3.63) is 71.7 Å². The monoisotopic (exact) mass is 353 g/mol. The third-order valence-electron chi connectivity index (χ3n) is 3.43. The van der Waals surface area contributed by atoms with Crippen molar-refractivity contribution in [1.29, 1.82) is 0 Å². The normalized spacial score (nSPS) is 15.7. The molecule has 2 aromatic rings. The van der Waals surface area contributed by atoms with Crippen LogP contribution in [0.15, 0.2) is 66.1 Å². The third-order valence-corrected chi connectivity index (χ3v) is 4.30. The second kappa shape index (κ2) is 7.27. The van der Waals surface area contributed by atoms with E-state index in [1.54, 1.807) is 48.6 Å². The summed E-state index contributed by atoms with van der Waals surface area (Å²) in [7, 11) is 0. The van der Waals surface area contributed by atoms with Gasteiger partial charge in [0, 0.05) is 6.07 Å². The van der Waals surface area contributed by atoms with Gasteiger partial charge in [0.25, 0.3) is 11.1 Å². The number of rotatable bonds is 5. The van der Waals surface area contributed by atoms with Crippen LogP contribution in [0.1, 0.15) is 5.56 Å². The lowest BCUT2D eigenvalue weighted by Gasteiger charge is -2.12. The van der Waals surface area contributed by atoms with E-state index in [0.717, 1.165) is 22.2 Å². The number of carbonyl (C=O) groups is 2. The lowest BCUT2D eigenvalue weighted by atomic mass is 10.2. The molecular weight excluding hydrogens is 338 g/mol. The molecule has 0 aromatic heterocycles. The highest BCUT2D eigenvalue weighted by Gasteiger charge is 2.36. The molecule has 0 spiro atoms. The van der Waals surface area contributed by atoms with E-state index in [1.165, 1.54) is 12.1 Å². The first-order chi connectivity index (χ1) is 12.1. The highest BCUT2D eigenvalue weighted by Crippen LogP contribution is 2.36. The average molecular weight is 353 g/mol. The summed E-state index contributed by atoms with van der Waals surface area (Å²) in [6, 6.07) is 13.2. The van der Waals surface area contributed by atoms with Gasteiger partial charge >= 0.3 is 0 Å². The zero-order valence-corrected chi connectivity index (χ0v) is 14.0. The van der Waals surface area contributed by atoms with Crippen molar-refractivity contribution in [3.63, 3.8) is 0 Å². The summed E-state index contributed by atoms with van der Waals surface area (Å²) in [4.78, 5) is 26.1. The number of imide groups is 1. The molecule has 2 aromatic carbocycles. The van der Waals surface area contributed by atoms with Gasteiger partial charge in [0.15, 0.2) is 0 Å². The lowest BCUT2D eigenvalue weighted by Crippen LogP contribution is -2.27. The topological polar surface area (TPSA) is 66.8 Å². The van der Waals surface area contributed by atoms with E-state index in [9.17, 15) is 14.7 Å². The maximum Gasteiger partial charge on any atom is 0.298 e. The molecule has 0 saturated carbocycles. The summed E-state index contributed by atoms with van der Waals surface area (Å²) in [6.07, 6.45) is 3.32. The van der Waals surface area contributed by atoms with Gasteiger partial charge < -0.3 is 9.84 Å². The Labute approximate surface area is 149 Å². The molecule has 0 aliphatic carbocycles. The van der Waals surface area contributed by atoms with Gasteiger partial charge in [0.1, 0.15) is 18.1 Å². The number of ether oxygens (including phenoxy) is 1. The second-order valence-corrected chi connectivity index (χ2v) is 6.20. The summed E-state index contributed by atoms with van der Waals surface area (Å²) in [5.41, 5.74) is 1.13. The Kier molecular flexibility index (Phi) is 4.90. The van der Waals surface area contributed by atoms with Gasteiger partial charge in [-0.15, -0.1) is 0 Å². The minimum Gasteiger partial charge on any atom is -0.508 e. The quantitative estimate of drug-likeness (QED) is 0.645. The van der Waals surface area contributed by atoms with Crippen LogP contribution in [0.3, 0.4) is 0 Å². The minimum atomic E-state index is -0.410. The van der Waals surface area contributed by atoms with Crippen LogP contribution >= 0.6 is 11.8 Å². The Bertz CT molecular complexity index is 858. The Morgan fingerprint density at radius 3 is 2.60 bits per heavy atom. The van der Waals surface area contributed by atoms with E-state index < -0.39 is 11.1 Å². The summed E-state index contributed by atoms with van der Waals surface area (Å²) < 4.78 is 5.41. The van der Waals surface area contributed by atoms with E-state index in [4.69, 9.17) is 4.74 Å². The number of nitrogens with zero attached hydrogens (tertiary/aromatic N) is 1. The van der Waals surface area contributed by atoms with Crippen molar-refractivity contribution in [3.8, 4) is 11.5 Å². The van der Waals surface area contributed by atoms with E-state index >= 15 is 0 Å². The van der Waals surface area contributed by atoms with E-state index in [-0.39, 0.29) is 5.75 Å². The van der Waals surface area contributed by atoms with E-state index in [1.807, 2.05) is 0 Å². The Balaban J connectivity index is 1.81. The van der Waals surface area contributed by atoms with Gasteiger partial charge in [-0.3, -0.25) is 9.59 Å². The van der Waals surface area contributed by atoms with Crippen LogP contribution in [0.5, 0.6) is 11.5 Å². The number of aromatic hydroxyl groups is 1. The highest BCUT2D eigenvalue weighted by molar-refractivity contribution is 8.19. The van der Waals surface area contributed by atoms with Crippen molar-refractivity contribution in [2.24, 2.45) is 0 Å². The van der Waals surface area contributed by atoms with Crippen molar-refractivity contribution in [2.45, 2.75) is 0 Å². The molecule has 25 heavy (non-hydrogen) atoms. The maximum atomic E-state index is 12.5. The number of anilines is 1. The van der Waals surface area contributed by atoms with Crippen LogP contribution < -0.4 is 9.64 Å². The number of amides is 2. The summed E-state index contributed by atoms with van der Waals surface area (Å²) in [5.74, 6) is 0.285. The van der Waals surface area contributed by atoms with Gasteiger partial charge in [0.2, 0.25) is 0 Å². The molecule has 6 heteroatoms. The number of carbonyl (C=O) groups excluding carboxylic acids is 2. The first kappa shape index (κ1) is 16.9. The molecule has 0 unspecified atom stereocenters. The summed E-state index contributed by atoms with van der Waals surface area (Å²) >= 11 is 0.868. The fourth-order valence-corrected chi connectivity index (χ4v) is 3.13. The van der Waals surface area contributed by atoms with Gasteiger partial charge in [0.05, 0.1) is 10.6 Å². The van der Waals surface area contributed by atoms with Gasteiger partial charge in [-0.2, -0.15) is 0 Å². The molecule has 1 aliphatic heterocycles. The van der Waals surface area contributed by atoms with E-state index in [2.05, 4.69) is 6.58 Å². The molecular formula is C19H15NO4S. The highest BCUT2D eigenvalue weighted by atomic mass is 32.2. The molecule has 1 saturated heterocycles. The standard InChI is InChI=1S/C19H15NO4S/c1-2-10-24-16-8-6-13(7-9-16)11-17-18(22)20(19(23)25-17)14-4-3-5-15(21)12-14/h2-9,11-12,21H,1,10H2/b17-11-. The zero-order valence-electron chi connectivity index (χ0n) is 13.2. The van der Waals surface area contributed by atoms with E-state index in [0.29, 0.717) is 22.9 Å². The molecule has 1 heterocycles. The molecule has 5 nitrogen and oxygen atoms in total. The summed E-state index contributed by atoms with van der Waals surface area (Å²) in [6.45, 7) is 4.01. The fourth-order valence-electron chi connectivity index (χ4n) is 2.29. The number of hydrogen-bond donors (Lipinski definition) is 1. The Morgan fingerprint density at radius 1 is 1.16 bits per heavy atom. The number of thioether (sulfide) groups is 1. The van der Waals surface area contributed by atoms with Gasteiger partial charge in [-0.05, 0) is 47.7 Å². The van der Waals surface area contributed by atoms with Crippen LogP contribution in [0.25, 0.3) is 6.08 Å². The number of benzene rings is 2. The third kappa shape index (κ3) is 3.75. The van der Waals surface area contributed by atoms with Crippen LogP contribution in [-0.2, 0) is 4.79 Å². The van der Waals surface area contributed by atoms with Crippen LogP contribution in [0, 0.1) is 0 Å². The van der Waals surface area contributed by atoms with Gasteiger partial charge in [-0.1, -0.05) is 30.9 Å². The van der Waals surface area contributed by atoms with Crippen LogP contribution in [0.2, 0.25) is 0 Å². The van der Waals surface area contributed by atoms with Crippen LogP contribution in [0.4, 0.5) is 10.5 Å². The minimum absolute atomic E-state index is 0.00403. The number of phenolic OH excluding ortho intramolecular Hbond substituents is 1. The molecule has 1 fully saturated rings. The average Bonchev–Trinajstić information content (AvgIpc) is 2.88. The molecule has 1 N–H and O–H groups in total. The maximum absolute atomic E-state index is 12.5. The van der Waals surface area contributed by atoms with Crippen molar-refractivity contribution >= 4 is 34.7 Å². The smallest absolute Gasteiger partial charge is 0.298 e. The molecule has 2 amide bonds. The molecule has 126 valence electrons. The molecule has 0 bridgehead atoms. The molecule has 3 rings (SSSR count). The molecule has 0 radical (unpaired) electrons. The van der Waals surface area contributed by atoms with Gasteiger partial charge in [-0.25, -0.2) is 4.90 Å². The number of hydrogen-bond acceptors (Lipinski definition) is 5. The largest absolute Gasteiger partial charge is 0.508 e. The predicted octanol–water partition coefficient (Wildman–Crippen LogP) is 4.20. The first-order valence-electron chi connectivity index (χ1n) is 7.49. The van der Waals surface area contributed by atoms with Crippen molar-refractivity contribution < 1.29 is 19.4 Å². The molecule has 0 atom stereocenters. The molecule has 1 aliphatic rings. The lowest BCUT2D eigenvalue weighted by molar-refractivity contribution is -0.113. The van der Waals surface area contributed by atoms with Crippen LogP contribution in [-0.4, -0.2) is 22.9 Å². The second-order valence-electron chi connectivity index (χ2n) is 5.21. The number of phenols is 1.